The van der Waals surface area contributed by atoms with Gasteiger partial charge in [0.25, 0.3) is 0 Å². The third-order valence-corrected chi connectivity index (χ3v) is 9.94. The van der Waals surface area contributed by atoms with Crippen LogP contribution in [0.1, 0.15) is 0 Å². The number of rotatable bonds is 4. The maximum absolute atomic E-state index is 4.09. The van der Waals surface area contributed by atoms with Crippen LogP contribution in [0.4, 0.5) is 0 Å². The van der Waals surface area contributed by atoms with E-state index < -0.39 is 16.5 Å². The minimum atomic E-state index is -1.13. The Kier molecular flexibility index (Phi) is 4.36. The summed E-state index contributed by atoms with van der Waals surface area (Å²) in [7, 11) is -1.11. The van der Waals surface area contributed by atoms with Gasteiger partial charge in [0.2, 0.25) is 0 Å². The van der Waals surface area contributed by atoms with Crippen LogP contribution in [0.15, 0.2) is 11.8 Å². The summed E-state index contributed by atoms with van der Waals surface area (Å²) < 4.78 is 2.79. The van der Waals surface area contributed by atoms with Crippen LogP contribution in [0, 0.1) is 0 Å². The molecule has 78 valence electrons. The topological polar surface area (TPSA) is 3.24 Å². The molecule has 0 unspecified atom stereocenters. The third-order valence-electron chi connectivity index (χ3n) is 2.05. The Morgan fingerprint density at radius 2 is 1.38 bits per heavy atom. The lowest BCUT2D eigenvalue weighted by molar-refractivity contribution is 0.682. The standard InChI is InChI=1S/C9H25NSi3/c1-9(11)8-10(12(2,3)4)13(5,6)7/h1,8H2,2-7,11H3. The van der Waals surface area contributed by atoms with Gasteiger partial charge in [-0.15, -0.1) is 6.58 Å². The van der Waals surface area contributed by atoms with Crippen LogP contribution in [0.25, 0.3) is 0 Å². The van der Waals surface area contributed by atoms with E-state index >= 15 is 0 Å². The van der Waals surface area contributed by atoms with Crippen molar-refractivity contribution in [2.75, 3.05) is 6.54 Å². The molecule has 0 bridgehead atoms. The first-order valence-corrected chi connectivity index (χ1v) is 12.9. The van der Waals surface area contributed by atoms with Crippen molar-refractivity contribution in [3.63, 3.8) is 0 Å². The molecule has 0 atom stereocenters. The van der Waals surface area contributed by atoms with Crippen molar-refractivity contribution >= 4 is 26.7 Å². The first kappa shape index (κ1) is 13.4. The number of nitrogens with zero attached hydrogens (tertiary/aromatic N) is 1. The zero-order valence-corrected chi connectivity index (χ0v) is 14.4. The maximum Gasteiger partial charge on any atom is 0.112 e. The smallest absolute Gasteiger partial charge is 0.112 e. The van der Waals surface area contributed by atoms with Crippen LogP contribution in [0.5, 0.6) is 0 Å². The van der Waals surface area contributed by atoms with E-state index in [1.807, 2.05) is 0 Å². The van der Waals surface area contributed by atoms with Gasteiger partial charge < -0.3 is 4.23 Å². The fourth-order valence-electron chi connectivity index (χ4n) is 1.75. The van der Waals surface area contributed by atoms with Crippen molar-refractivity contribution in [2.24, 2.45) is 0 Å². The molecule has 13 heavy (non-hydrogen) atoms. The second-order valence-corrected chi connectivity index (χ2v) is 17.5. The van der Waals surface area contributed by atoms with Crippen molar-refractivity contribution in [3.05, 3.63) is 11.8 Å². The summed E-state index contributed by atoms with van der Waals surface area (Å²) in [4.78, 5) is 0. The summed E-state index contributed by atoms with van der Waals surface area (Å²) in [6, 6.07) is 0. The Balaban J connectivity index is 4.68. The molecule has 0 aromatic carbocycles. The van der Waals surface area contributed by atoms with Gasteiger partial charge in [-0.3, -0.25) is 0 Å². The highest BCUT2D eigenvalue weighted by Crippen LogP contribution is 2.19. The Labute approximate surface area is 88.8 Å². The van der Waals surface area contributed by atoms with Crippen LogP contribution in [0.2, 0.25) is 39.3 Å². The number of hydrogen-bond acceptors (Lipinski definition) is 1. The molecule has 0 amide bonds. The molecule has 0 heterocycles. The average Bonchev–Trinajstić information content (AvgIpc) is 1.77. The molecular weight excluding hydrogens is 206 g/mol. The van der Waals surface area contributed by atoms with Crippen LogP contribution < -0.4 is 0 Å². The van der Waals surface area contributed by atoms with Gasteiger partial charge in [-0.1, -0.05) is 44.5 Å². The van der Waals surface area contributed by atoms with E-state index in [1.165, 1.54) is 5.20 Å². The first-order valence-electron chi connectivity index (χ1n) is 4.97. The fraction of sp³-hybridized carbons (Fsp3) is 0.778. The molecular formula is C9H25NSi3. The Morgan fingerprint density at radius 3 is 1.46 bits per heavy atom. The van der Waals surface area contributed by atoms with Crippen LogP contribution >= 0.6 is 0 Å². The van der Waals surface area contributed by atoms with Crippen molar-refractivity contribution < 1.29 is 0 Å². The van der Waals surface area contributed by atoms with E-state index in [4.69, 9.17) is 0 Å². The molecule has 0 N–H and O–H groups in total. The fourth-order valence-corrected chi connectivity index (χ4v) is 12.2. The van der Waals surface area contributed by atoms with Gasteiger partial charge in [0, 0.05) is 16.8 Å². The van der Waals surface area contributed by atoms with Crippen molar-refractivity contribution in [2.45, 2.75) is 39.3 Å². The molecule has 0 aliphatic carbocycles. The van der Waals surface area contributed by atoms with Gasteiger partial charge in [0.15, 0.2) is 0 Å². The minimum Gasteiger partial charge on any atom is -0.343 e. The highest BCUT2D eigenvalue weighted by molar-refractivity contribution is 6.89. The Bertz CT molecular complexity index is 174. The predicted molar refractivity (Wildman–Crippen MR) is 72.5 cm³/mol. The molecule has 1 nitrogen and oxygen atoms in total. The maximum atomic E-state index is 4.09. The molecule has 0 aliphatic heterocycles. The summed E-state index contributed by atoms with van der Waals surface area (Å²) in [5, 5.41) is 1.44. The highest BCUT2D eigenvalue weighted by atomic mass is 28.4. The average molecular weight is 232 g/mol. The van der Waals surface area contributed by atoms with E-state index in [-0.39, 0.29) is 0 Å². The van der Waals surface area contributed by atoms with Crippen LogP contribution in [-0.4, -0.2) is 37.5 Å². The molecule has 0 spiro atoms. The van der Waals surface area contributed by atoms with E-state index in [2.05, 4.69) is 50.1 Å². The normalized spacial score (nSPS) is 13.8. The zero-order chi connectivity index (χ0) is 10.9. The summed E-state index contributed by atoms with van der Waals surface area (Å²) in [5.41, 5.74) is 0. The van der Waals surface area contributed by atoms with Gasteiger partial charge >= 0.3 is 0 Å². The van der Waals surface area contributed by atoms with E-state index in [0.717, 1.165) is 16.8 Å². The molecule has 0 radical (unpaired) electrons. The van der Waals surface area contributed by atoms with Crippen molar-refractivity contribution in [1.29, 1.82) is 0 Å². The predicted octanol–water partition coefficient (Wildman–Crippen LogP) is 1.84. The van der Waals surface area contributed by atoms with Crippen molar-refractivity contribution in [3.8, 4) is 0 Å². The molecule has 0 aromatic heterocycles. The molecule has 0 rings (SSSR count). The molecule has 0 aromatic rings. The summed E-state index contributed by atoms with van der Waals surface area (Å²) in [6.45, 7) is 19.9. The lowest BCUT2D eigenvalue weighted by Gasteiger charge is -2.43. The van der Waals surface area contributed by atoms with E-state index in [0.29, 0.717) is 0 Å². The molecule has 4 heteroatoms. The van der Waals surface area contributed by atoms with Gasteiger partial charge in [-0.05, 0) is 0 Å². The minimum absolute atomic E-state index is 1.13. The highest BCUT2D eigenvalue weighted by Gasteiger charge is 2.33. The van der Waals surface area contributed by atoms with Crippen LogP contribution in [-0.2, 0) is 0 Å². The second-order valence-electron chi connectivity index (χ2n) is 5.88. The van der Waals surface area contributed by atoms with Gasteiger partial charge in [0.1, 0.15) is 16.5 Å². The monoisotopic (exact) mass is 231 g/mol. The zero-order valence-electron chi connectivity index (χ0n) is 10.4. The third kappa shape index (κ3) is 4.95. The molecule has 0 saturated carbocycles. The van der Waals surface area contributed by atoms with Crippen molar-refractivity contribution in [1.82, 2.24) is 4.23 Å². The SMILES string of the molecule is C=C([SiH3])CN([Si](C)(C)C)[Si](C)(C)C. The molecule has 0 saturated heterocycles. The van der Waals surface area contributed by atoms with Crippen LogP contribution in [0.3, 0.4) is 0 Å². The first-order chi connectivity index (χ1) is 5.55. The van der Waals surface area contributed by atoms with E-state index in [1.54, 1.807) is 0 Å². The van der Waals surface area contributed by atoms with Gasteiger partial charge in [-0.25, -0.2) is 0 Å². The second kappa shape index (κ2) is 4.25. The summed E-state index contributed by atoms with van der Waals surface area (Å²) in [5.74, 6) is 0. The summed E-state index contributed by atoms with van der Waals surface area (Å²) in [6.07, 6.45) is 0. The lowest BCUT2D eigenvalue weighted by Crippen LogP contribution is -2.59. The quantitative estimate of drug-likeness (QED) is 0.668. The molecule has 0 fully saturated rings. The van der Waals surface area contributed by atoms with E-state index in [9.17, 15) is 0 Å². The largest absolute Gasteiger partial charge is 0.343 e. The molecule has 0 aliphatic rings. The van der Waals surface area contributed by atoms with Gasteiger partial charge in [-0.2, -0.15) is 0 Å². The lowest BCUT2D eigenvalue weighted by atomic mass is 10.6. The Hall–Kier alpha value is 0.351. The summed E-state index contributed by atoms with van der Waals surface area (Å²) >= 11 is 0. The van der Waals surface area contributed by atoms with Gasteiger partial charge in [0.05, 0.1) is 0 Å². The Morgan fingerprint density at radius 1 is 1.08 bits per heavy atom. The number of hydrogen-bond donors (Lipinski definition) is 0.